The quantitative estimate of drug-likeness (QED) is 0.879. The van der Waals surface area contributed by atoms with Gasteiger partial charge in [-0.1, -0.05) is 15.9 Å². The van der Waals surface area contributed by atoms with Gasteiger partial charge in [0, 0.05) is 10.2 Å². The van der Waals surface area contributed by atoms with E-state index in [1.54, 1.807) is 0 Å². The van der Waals surface area contributed by atoms with Gasteiger partial charge < -0.3 is 10.4 Å². The number of carboxylic acids is 1. The van der Waals surface area contributed by atoms with Crippen LogP contribution in [0.3, 0.4) is 0 Å². The molecule has 0 unspecified atom stereocenters. The van der Waals surface area contributed by atoms with E-state index in [0.29, 0.717) is 23.7 Å². The van der Waals surface area contributed by atoms with Crippen molar-refractivity contribution in [1.29, 1.82) is 0 Å². The molecule has 2 rings (SSSR count). The zero-order chi connectivity index (χ0) is 14.3. The molecule has 0 atom stereocenters. The van der Waals surface area contributed by atoms with Gasteiger partial charge in [0.2, 0.25) is 0 Å². The van der Waals surface area contributed by atoms with Gasteiger partial charge >= 0.3 is 12.1 Å². The summed E-state index contributed by atoms with van der Waals surface area (Å²) in [6, 6.07) is 3.47. The van der Waals surface area contributed by atoms with Crippen LogP contribution in [0, 0.1) is 0 Å². The number of carbonyl (C=O) groups is 1. The van der Waals surface area contributed by atoms with Gasteiger partial charge in [-0.15, -0.1) is 0 Å². The van der Waals surface area contributed by atoms with Crippen LogP contribution >= 0.6 is 15.9 Å². The van der Waals surface area contributed by atoms with Crippen molar-refractivity contribution in [3.05, 3.63) is 28.2 Å². The Morgan fingerprint density at radius 1 is 1.37 bits per heavy atom. The third kappa shape index (κ3) is 2.70. The molecule has 1 saturated carbocycles. The molecule has 1 fully saturated rings. The summed E-state index contributed by atoms with van der Waals surface area (Å²) in [5.41, 5.74) is -2.34. The summed E-state index contributed by atoms with van der Waals surface area (Å²) in [5, 5.41) is 11.7. The number of carboxylic acid groups (broad SMARTS) is 1. The maximum atomic E-state index is 12.9. The Morgan fingerprint density at radius 2 is 2.00 bits per heavy atom. The fraction of sp³-hybridized carbons (Fsp3) is 0.417. The number of benzene rings is 1. The third-order valence-corrected chi connectivity index (χ3v) is 3.77. The molecule has 0 radical (unpaired) electrons. The molecule has 19 heavy (non-hydrogen) atoms. The zero-order valence-electron chi connectivity index (χ0n) is 9.72. The molecular formula is C12H11BrF3NO2. The van der Waals surface area contributed by atoms with Crippen LogP contribution in [0.2, 0.25) is 0 Å². The van der Waals surface area contributed by atoms with E-state index in [0.717, 1.165) is 6.07 Å². The topological polar surface area (TPSA) is 49.3 Å². The zero-order valence-corrected chi connectivity index (χ0v) is 11.3. The molecule has 0 saturated heterocycles. The van der Waals surface area contributed by atoms with E-state index in [4.69, 9.17) is 5.11 Å². The Morgan fingerprint density at radius 3 is 2.42 bits per heavy atom. The van der Waals surface area contributed by atoms with Crippen LogP contribution in [-0.4, -0.2) is 16.6 Å². The highest BCUT2D eigenvalue weighted by Gasteiger charge is 2.46. The van der Waals surface area contributed by atoms with Gasteiger partial charge in [-0.05, 0) is 37.5 Å². The molecular weight excluding hydrogens is 327 g/mol. The summed E-state index contributed by atoms with van der Waals surface area (Å²) in [6.07, 6.45) is -3.18. The predicted octanol–water partition coefficient (Wildman–Crippen LogP) is 3.89. The highest BCUT2D eigenvalue weighted by molar-refractivity contribution is 9.10. The van der Waals surface area contributed by atoms with E-state index in [1.807, 2.05) is 0 Å². The summed E-state index contributed by atoms with van der Waals surface area (Å²) in [7, 11) is 0. The average molecular weight is 338 g/mol. The van der Waals surface area contributed by atoms with Gasteiger partial charge in [-0.3, -0.25) is 0 Å². The predicted molar refractivity (Wildman–Crippen MR) is 67.0 cm³/mol. The minimum Gasteiger partial charge on any atom is -0.480 e. The number of nitrogens with one attached hydrogen (secondary N) is 1. The van der Waals surface area contributed by atoms with Crippen LogP contribution in [0.15, 0.2) is 22.7 Å². The number of aliphatic carboxylic acids is 1. The molecule has 1 aromatic rings. The van der Waals surface area contributed by atoms with Crippen molar-refractivity contribution >= 4 is 27.6 Å². The van der Waals surface area contributed by atoms with Crippen molar-refractivity contribution in [2.24, 2.45) is 0 Å². The summed E-state index contributed by atoms with van der Waals surface area (Å²) >= 11 is 3.09. The van der Waals surface area contributed by atoms with E-state index in [1.165, 1.54) is 12.1 Å². The standard InChI is InChI=1S/C12H11BrF3NO2/c13-7-2-3-8(12(14,15)16)9(6-7)17-11(10(18)19)4-1-5-11/h2-3,6,17H,1,4-5H2,(H,18,19). The number of hydrogen-bond donors (Lipinski definition) is 2. The molecule has 0 bridgehead atoms. The third-order valence-electron chi connectivity index (χ3n) is 3.28. The molecule has 2 N–H and O–H groups in total. The van der Waals surface area contributed by atoms with Gasteiger partial charge in [0.15, 0.2) is 0 Å². The molecule has 0 aliphatic heterocycles. The van der Waals surface area contributed by atoms with Crippen molar-refractivity contribution < 1.29 is 23.1 Å². The van der Waals surface area contributed by atoms with Crippen molar-refractivity contribution in [1.82, 2.24) is 0 Å². The molecule has 1 aliphatic rings. The van der Waals surface area contributed by atoms with Crippen LogP contribution in [-0.2, 0) is 11.0 Å². The number of alkyl halides is 3. The number of rotatable bonds is 3. The van der Waals surface area contributed by atoms with Crippen LogP contribution < -0.4 is 5.32 Å². The molecule has 0 aromatic heterocycles. The molecule has 0 spiro atoms. The van der Waals surface area contributed by atoms with Crippen molar-refractivity contribution in [2.75, 3.05) is 5.32 Å². The van der Waals surface area contributed by atoms with Crippen molar-refractivity contribution in [3.63, 3.8) is 0 Å². The fourth-order valence-electron chi connectivity index (χ4n) is 2.05. The first-order chi connectivity index (χ1) is 8.74. The van der Waals surface area contributed by atoms with Crippen LogP contribution in [0.1, 0.15) is 24.8 Å². The Balaban J connectivity index is 2.39. The van der Waals surface area contributed by atoms with E-state index in [2.05, 4.69) is 21.2 Å². The van der Waals surface area contributed by atoms with Crippen LogP contribution in [0.4, 0.5) is 18.9 Å². The lowest BCUT2D eigenvalue weighted by atomic mass is 9.76. The number of halogens is 4. The molecule has 0 amide bonds. The summed E-state index contributed by atoms with van der Waals surface area (Å²) in [6.45, 7) is 0. The largest absolute Gasteiger partial charge is 0.480 e. The SMILES string of the molecule is O=C(O)C1(Nc2cc(Br)ccc2C(F)(F)F)CCC1. The first kappa shape index (κ1) is 14.2. The molecule has 3 nitrogen and oxygen atoms in total. The first-order valence-corrected chi connectivity index (χ1v) is 6.42. The summed E-state index contributed by atoms with van der Waals surface area (Å²) in [5.74, 6) is -1.12. The first-order valence-electron chi connectivity index (χ1n) is 5.63. The van der Waals surface area contributed by atoms with E-state index < -0.39 is 23.2 Å². The molecule has 7 heteroatoms. The Kier molecular flexibility index (Phi) is 3.51. The second-order valence-electron chi connectivity index (χ2n) is 4.55. The Bertz CT molecular complexity index is 512. The van der Waals surface area contributed by atoms with Gasteiger partial charge in [-0.2, -0.15) is 13.2 Å². The van der Waals surface area contributed by atoms with Gasteiger partial charge in [-0.25, -0.2) is 4.79 Å². The van der Waals surface area contributed by atoms with Gasteiger partial charge in [0.25, 0.3) is 0 Å². The second kappa shape index (κ2) is 4.70. The smallest absolute Gasteiger partial charge is 0.418 e. The minimum absolute atomic E-state index is 0.205. The van der Waals surface area contributed by atoms with Crippen molar-refractivity contribution in [2.45, 2.75) is 31.0 Å². The molecule has 1 aliphatic carbocycles. The van der Waals surface area contributed by atoms with Gasteiger partial charge in [0.1, 0.15) is 5.54 Å². The lowest BCUT2D eigenvalue weighted by Crippen LogP contribution is -2.52. The summed E-state index contributed by atoms with van der Waals surface area (Å²) in [4.78, 5) is 11.2. The number of anilines is 1. The maximum absolute atomic E-state index is 12.9. The molecule has 104 valence electrons. The van der Waals surface area contributed by atoms with Crippen LogP contribution in [0.25, 0.3) is 0 Å². The Hall–Kier alpha value is -1.24. The highest BCUT2D eigenvalue weighted by Crippen LogP contribution is 2.41. The fourth-order valence-corrected chi connectivity index (χ4v) is 2.41. The summed E-state index contributed by atoms with van der Waals surface area (Å²) < 4.78 is 39.1. The molecule has 1 aromatic carbocycles. The number of hydrogen-bond acceptors (Lipinski definition) is 2. The Labute approximate surface area is 115 Å². The minimum atomic E-state index is -4.52. The average Bonchev–Trinajstić information content (AvgIpc) is 2.21. The monoisotopic (exact) mass is 337 g/mol. The van der Waals surface area contributed by atoms with E-state index in [-0.39, 0.29) is 5.69 Å². The van der Waals surface area contributed by atoms with Crippen LogP contribution in [0.5, 0.6) is 0 Å². The van der Waals surface area contributed by atoms with E-state index in [9.17, 15) is 18.0 Å². The molecule has 0 heterocycles. The lowest BCUT2D eigenvalue weighted by molar-refractivity contribution is -0.146. The maximum Gasteiger partial charge on any atom is 0.418 e. The highest BCUT2D eigenvalue weighted by atomic mass is 79.9. The van der Waals surface area contributed by atoms with Gasteiger partial charge in [0.05, 0.1) is 5.56 Å². The lowest BCUT2D eigenvalue weighted by Gasteiger charge is -2.39. The normalized spacial score (nSPS) is 17.7. The second-order valence-corrected chi connectivity index (χ2v) is 5.47. The van der Waals surface area contributed by atoms with E-state index >= 15 is 0 Å². The van der Waals surface area contributed by atoms with Crippen molar-refractivity contribution in [3.8, 4) is 0 Å².